The van der Waals surface area contributed by atoms with E-state index in [0.29, 0.717) is 17.3 Å². The zero-order chi connectivity index (χ0) is 38.9. The van der Waals surface area contributed by atoms with E-state index in [9.17, 15) is 4.79 Å². The molecule has 0 spiro atoms. The number of nitrogens with zero attached hydrogens (tertiary/aromatic N) is 1. The molecule has 4 rings (SSSR count). The van der Waals surface area contributed by atoms with Gasteiger partial charge in [-0.05, 0) is 144 Å². The molecule has 0 saturated heterocycles. The van der Waals surface area contributed by atoms with E-state index in [-0.39, 0.29) is 34.4 Å². The van der Waals surface area contributed by atoms with Gasteiger partial charge in [0.15, 0.2) is 22.7 Å². The fraction of sp³-hybridized carbons (Fsp3) is 0.818. The first-order valence-electron chi connectivity index (χ1n) is 20.7. The lowest BCUT2D eigenvalue weighted by Gasteiger charge is -2.45. The summed E-state index contributed by atoms with van der Waals surface area (Å²) in [7, 11) is -3.81. The van der Waals surface area contributed by atoms with Crippen LogP contribution in [0.3, 0.4) is 0 Å². The van der Waals surface area contributed by atoms with E-state index < -0.39 is 22.0 Å². The minimum Gasteiger partial charge on any atom is -0.455 e. The second kappa shape index (κ2) is 16.6. The number of aromatic nitrogens is 1. The number of carbonyl (C=O) groups excluding carboxylic acids is 1. The summed E-state index contributed by atoms with van der Waals surface area (Å²) in [6, 6.07) is 0. The van der Waals surface area contributed by atoms with Crippen molar-refractivity contribution in [1.29, 1.82) is 0 Å². The van der Waals surface area contributed by atoms with Crippen molar-refractivity contribution in [2.24, 2.45) is 28.6 Å². The maximum absolute atomic E-state index is 12.8. The van der Waals surface area contributed by atoms with Crippen molar-refractivity contribution in [3.8, 4) is 0 Å². The first-order valence-corrected chi connectivity index (χ1v) is 27.4. The topological polar surface area (TPSA) is 57.7 Å². The molecule has 3 aliphatic carbocycles. The normalized spacial score (nSPS) is 28.4. The molecular weight excluding hydrogens is 695 g/mol. The SMILES string of the molecule is C[C@H](CCCC(OC(=O)C(C)(C)C)c1nccs1)[C@H]1CC[C@H]2/C(=C/C=C3C[C@@H](O[Si](C)(C)C(C)(C)C)C[C@H](O[Si](C)(C)C(C)(C)C)C3)CCC[C@]12C. The van der Waals surface area contributed by atoms with Crippen molar-refractivity contribution in [3.05, 3.63) is 39.9 Å². The Morgan fingerprint density at radius 1 is 0.942 bits per heavy atom. The molecule has 52 heavy (non-hydrogen) atoms. The highest BCUT2D eigenvalue weighted by atomic mass is 32.1. The Morgan fingerprint density at radius 2 is 1.54 bits per heavy atom. The molecule has 0 N–H and O–H groups in total. The average Bonchev–Trinajstić information content (AvgIpc) is 3.65. The van der Waals surface area contributed by atoms with Crippen molar-refractivity contribution >= 4 is 33.9 Å². The Hall–Kier alpha value is -1.07. The zero-order valence-corrected chi connectivity index (χ0v) is 38.9. The lowest BCUT2D eigenvalue weighted by Crippen LogP contribution is -2.48. The lowest BCUT2D eigenvalue weighted by molar-refractivity contribution is -0.159. The molecule has 1 aromatic heterocycles. The molecule has 0 amide bonds. The van der Waals surface area contributed by atoms with E-state index in [2.05, 4.69) is 98.7 Å². The van der Waals surface area contributed by atoms with Gasteiger partial charge in [0.2, 0.25) is 0 Å². The van der Waals surface area contributed by atoms with Crippen LogP contribution in [-0.2, 0) is 18.4 Å². The Morgan fingerprint density at radius 3 is 2.06 bits per heavy atom. The van der Waals surface area contributed by atoms with Crippen molar-refractivity contribution in [2.45, 2.75) is 201 Å². The number of rotatable bonds is 12. The molecule has 296 valence electrons. The van der Waals surface area contributed by atoms with Gasteiger partial charge in [-0.3, -0.25) is 4.79 Å². The van der Waals surface area contributed by atoms with Crippen molar-refractivity contribution in [2.75, 3.05) is 0 Å². The number of ether oxygens (including phenoxy) is 1. The third-order valence-electron chi connectivity index (χ3n) is 14.0. The molecule has 1 heterocycles. The summed E-state index contributed by atoms with van der Waals surface area (Å²) in [6.45, 7) is 34.6. The maximum atomic E-state index is 12.8. The third kappa shape index (κ3) is 10.6. The van der Waals surface area contributed by atoms with Gasteiger partial charge in [0, 0.05) is 11.6 Å². The molecule has 3 saturated carbocycles. The molecular formula is C44H77NO4SSi2. The monoisotopic (exact) mass is 772 g/mol. The van der Waals surface area contributed by atoms with E-state index in [1.807, 2.05) is 32.3 Å². The lowest BCUT2D eigenvalue weighted by atomic mass is 9.60. The molecule has 0 aromatic carbocycles. The number of allylic oxidation sites excluding steroid dienone is 3. The average molecular weight is 772 g/mol. The molecule has 1 aromatic rings. The first kappa shape index (κ1) is 43.7. The van der Waals surface area contributed by atoms with E-state index in [1.54, 1.807) is 16.9 Å². The van der Waals surface area contributed by atoms with Gasteiger partial charge in [-0.1, -0.05) is 85.1 Å². The van der Waals surface area contributed by atoms with Crippen LogP contribution in [0.1, 0.15) is 158 Å². The Kier molecular flexibility index (Phi) is 13.9. The molecule has 3 aliphatic rings. The van der Waals surface area contributed by atoms with Crippen LogP contribution in [0.15, 0.2) is 34.9 Å². The second-order valence-electron chi connectivity index (χ2n) is 21.2. The van der Waals surface area contributed by atoms with Crippen LogP contribution >= 0.6 is 11.3 Å². The smallest absolute Gasteiger partial charge is 0.311 e. The number of esters is 1. The molecule has 3 fully saturated rings. The predicted octanol–water partition coefficient (Wildman–Crippen LogP) is 13.6. The van der Waals surface area contributed by atoms with Gasteiger partial charge in [0.1, 0.15) is 5.01 Å². The fourth-order valence-electron chi connectivity index (χ4n) is 8.83. The van der Waals surface area contributed by atoms with E-state index in [4.69, 9.17) is 13.6 Å². The molecule has 8 heteroatoms. The van der Waals surface area contributed by atoms with Gasteiger partial charge >= 0.3 is 5.97 Å². The highest BCUT2D eigenvalue weighted by molar-refractivity contribution is 7.09. The van der Waals surface area contributed by atoms with Crippen LogP contribution in [0, 0.1) is 28.6 Å². The Balaban J connectivity index is 1.46. The minimum atomic E-state index is -1.90. The summed E-state index contributed by atoms with van der Waals surface area (Å²) >= 11 is 1.59. The molecule has 5 nitrogen and oxygen atoms in total. The van der Waals surface area contributed by atoms with Gasteiger partial charge in [0.05, 0.1) is 17.6 Å². The molecule has 0 radical (unpaired) electrons. The largest absolute Gasteiger partial charge is 0.455 e. The van der Waals surface area contributed by atoms with E-state index in [1.165, 1.54) is 37.7 Å². The summed E-state index contributed by atoms with van der Waals surface area (Å²) in [5.74, 6) is 1.89. The van der Waals surface area contributed by atoms with Crippen molar-refractivity contribution < 1.29 is 18.4 Å². The number of hydrogen-bond acceptors (Lipinski definition) is 6. The highest BCUT2D eigenvalue weighted by Crippen LogP contribution is 2.60. The van der Waals surface area contributed by atoms with Crippen molar-refractivity contribution in [3.63, 3.8) is 0 Å². The van der Waals surface area contributed by atoms with Crippen LogP contribution in [0.25, 0.3) is 0 Å². The second-order valence-corrected chi connectivity index (χ2v) is 31.7. The Labute approximate surface area is 325 Å². The molecule has 7 atom stereocenters. The molecule has 1 unspecified atom stereocenters. The zero-order valence-electron chi connectivity index (χ0n) is 36.0. The van der Waals surface area contributed by atoms with Crippen molar-refractivity contribution in [1.82, 2.24) is 4.98 Å². The molecule has 0 bridgehead atoms. The van der Waals surface area contributed by atoms with Crippen LogP contribution in [0.2, 0.25) is 36.3 Å². The van der Waals surface area contributed by atoms with E-state index >= 15 is 0 Å². The van der Waals surface area contributed by atoms with Gasteiger partial charge in [0.25, 0.3) is 0 Å². The van der Waals surface area contributed by atoms with Gasteiger partial charge < -0.3 is 13.6 Å². The summed E-state index contributed by atoms with van der Waals surface area (Å²) in [5.41, 5.74) is 3.03. The summed E-state index contributed by atoms with van der Waals surface area (Å²) in [5, 5.41) is 3.28. The standard InChI is InChI=1S/C44H77NO4SSi2/c1-31(18-16-20-38(39-45-26-27-50-39)47-40(46)41(2,3)4)36-23-24-37-33(19-17-25-44(36,37)11)22-21-32-28-34(48-51(12,13)42(5,6)7)30-35(29-32)49-52(14,15)43(8,9)10/h21-22,26-27,31,34-38H,16-20,23-25,28-30H2,1-15H3/b33-22+/t31-,34-,35-,36-,37+,38?,44-/m1/s1. The summed E-state index contributed by atoms with van der Waals surface area (Å²) < 4.78 is 20.3. The number of fused-ring (bicyclic) bond motifs is 1. The van der Waals surface area contributed by atoms with Gasteiger partial charge in [-0.15, -0.1) is 11.3 Å². The summed E-state index contributed by atoms with van der Waals surface area (Å²) in [4.78, 5) is 17.3. The van der Waals surface area contributed by atoms with E-state index in [0.717, 1.165) is 49.5 Å². The number of thiazole rings is 1. The van der Waals surface area contributed by atoms with Gasteiger partial charge in [-0.2, -0.15) is 0 Å². The maximum Gasteiger partial charge on any atom is 0.311 e. The van der Waals surface area contributed by atoms with Crippen LogP contribution in [-0.4, -0.2) is 39.8 Å². The highest BCUT2D eigenvalue weighted by Gasteiger charge is 2.50. The molecule has 0 aliphatic heterocycles. The first-order chi connectivity index (χ1) is 23.8. The van der Waals surface area contributed by atoms with Crippen LogP contribution in [0.4, 0.5) is 0 Å². The number of hydrogen-bond donors (Lipinski definition) is 0. The fourth-order valence-corrected chi connectivity index (χ4v) is 12.3. The summed E-state index contributed by atoms with van der Waals surface area (Å²) in [6.07, 6.45) is 19.7. The third-order valence-corrected chi connectivity index (χ3v) is 24.0. The van der Waals surface area contributed by atoms with Crippen LogP contribution in [0.5, 0.6) is 0 Å². The predicted molar refractivity (Wildman–Crippen MR) is 226 cm³/mol. The van der Waals surface area contributed by atoms with Gasteiger partial charge in [-0.25, -0.2) is 4.98 Å². The minimum absolute atomic E-state index is 0.145. The quantitative estimate of drug-likeness (QED) is 0.156. The number of carbonyl (C=O) groups is 1. The van der Waals surface area contributed by atoms with Crippen LogP contribution < -0.4 is 0 Å². The Bertz CT molecular complexity index is 1360.